The van der Waals surface area contributed by atoms with Gasteiger partial charge in [0.1, 0.15) is 11.6 Å². The van der Waals surface area contributed by atoms with Crippen molar-refractivity contribution >= 4 is 27.2 Å². The Kier molecular flexibility index (Phi) is 3.40. The number of fused-ring (bicyclic) bond motifs is 1. The van der Waals surface area contributed by atoms with Crippen LogP contribution in [-0.2, 0) is 0 Å². The number of hydrogen-bond donors (Lipinski definition) is 1. The molecule has 0 bridgehead atoms. The van der Waals surface area contributed by atoms with Crippen LogP contribution in [0.25, 0.3) is 21.3 Å². The molecule has 0 atom stereocenters. The number of benzene rings is 1. The fourth-order valence-corrected chi connectivity index (χ4v) is 3.11. The molecule has 1 aromatic carbocycles. The maximum atomic E-state index is 4.74. The molecule has 0 aliphatic rings. The van der Waals surface area contributed by atoms with Gasteiger partial charge in [-0.05, 0) is 16.8 Å². The van der Waals surface area contributed by atoms with Crippen molar-refractivity contribution in [3.8, 4) is 11.3 Å². The van der Waals surface area contributed by atoms with Crippen molar-refractivity contribution in [3.63, 3.8) is 0 Å². The molecule has 3 aromatic rings. The van der Waals surface area contributed by atoms with E-state index in [0.29, 0.717) is 5.92 Å². The number of nitrogens with one attached hydrogen (secondary N) is 1. The van der Waals surface area contributed by atoms with E-state index in [9.17, 15) is 0 Å². The largest absolute Gasteiger partial charge is 0.373 e. The van der Waals surface area contributed by atoms with Crippen LogP contribution in [0.1, 0.15) is 25.6 Å². The normalized spacial score (nSPS) is 11.2. The van der Waals surface area contributed by atoms with Crippen molar-refractivity contribution in [2.45, 2.75) is 19.8 Å². The van der Waals surface area contributed by atoms with E-state index < -0.39 is 0 Å². The number of anilines is 1. The standard InChI is InChI=1S/C16H17N3S/c1-10(2)16-18-13(9-14(17-3)19-16)12-6-4-5-11-7-8-20-15(11)12/h4-10H,1-3H3,(H,17,18,19). The summed E-state index contributed by atoms with van der Waals surface area (Å²) < 4.78 is 1.28. The lowest BCUT2D eigenvalue weighted by Crippen LogP contribution is -2.03. The zero-order valence-corrected chi connectivity index (χ0v) is 12.7. The van der Waals surface area contributed by atoms with Crippen LogP contribution in [-0.4, -0.2) is 17.0 Å². The van der Waals surface area contributed by atoms with Gasteiger partial charge in [-0.15, -0.1) is 11.3 Å². The Morgan fingerprint density at radius 1 is 1.15 bits per heavy atom. The molecule has 0 aliphatic heterocycles. The molecule has 0 unspecified atom stereocenters. The summed E-state index contributed by atoms with van der Waals surface area (Å²) in [5.41, 5.74) is 2.17. The van der Waals surface area contributed by atoms with Gasteiger partial charge in [-0.2, -0.15) is 0 Å². The molecule has 2 heterocycles. The van der Waals surface area contributed by atoms with Crippen LogP contribution >= 0.6 is 11.3 Å². The first kappa shape index (κ1) is 13.1. The maximum absolute atomic E-state index is 4.74. The molecule has 1 N–H and O–H groups in total. The summed E-state index contributed by atoms with van der Waals surface area (Å²) in [6, 6.07) is 10.5. The number of aromatic nitrogens is 2. The second kappa shape index (κ2) is 5.21. The van der Waals surface area contributed by atoms with Crippen molar-refractivity contribution in [2.24, 2.45) is 0 Å². The maximum Gasteiger partial charge on any atom is 0.133 e. The molecule has 3 nitrogen and oxygen atoms in total. The van der Waals surface area contributed by atoms with E-state index in [0.717, 1.165) is 17.3 Å². The van der Waals surface area contributed by atoms with Gasteiger partial charge in [-0.25, -0.2) is 9.97 Å². The van der Waals surface area contributed by atoms with E-state index in [4.69, 9.17) is 4.98 Å². The van der Waals surface area contributed by atoms with Gasteiger partial charge in [-0.3, -0.25) is 0 Å². The second-order valence-electron chi connectivity index (χ2n) is 5.05. The number of rotatable bonds is 3. The smallest absolute Gasteiger partial charge is 0.133 e. The first-order valence-electron chi connectivity index (χ1n) is 6.72. The average Bonchev–Trinajstić information content (AvgIpc) is 2.94. The van der Waals surface area contributed by atoms with Gasteiger partial charge in [0.2, 0.25) is 0 Å². The van der Waals surface area contributed by atoms with E-state index in [1.54, 1.807) is 11.3 Å². The van der Waals surface area contributed by atoms with Gasteiger partial charge in [0, 0.05) is 29.3 Å². The zero-order chi connectivity index (χ0) is 14.1. The molecule has 3 rings (SSSR count). The average molecular weight is 283 g/mol. The highest BCUT2D eigenvalue weighted by Gasteiger charge is 2.11. The SMILES string of the molecule is CNc1cc(-c2cccc3ccsc23)nc(C(C)C)n1. The Balaban J connectivity index is 2.23. The van der Waals surface area contributed by atoms with Crippen LogP contribution in [0.2, 0.25) is 0 Å². The van der Waals surface area contributed by atoms with E-state index in [1.807, 2.05) is 13.1 Å². The molecule has 0 amide bonds. The molecule has 2 aromatic heterocycles. The van der Waals surface area contributed by atoms with E-state index >= 15 is 0 Å². The van der Waals surface area contributed by atoms with Crippen LogP contribution in [0.15, 0.2) is 35.7 Å². The summed E-state index contributed by atoms with van der Waals surface area (Å²) in [6.07, 6.45) is 0. The Bertz CT molecular complexity index is 746. The monoisotopic (exact) mass is 283 g/mol. The first-order chi connectivity index (χ1) is 9.69. The molecule has 0 saturated heterocycles. The summed E-state index contributed by atoms with van der Waals surface area (Å²) in [6.45, 7) is 4.23. The lowest BCUT2D eigenvalue weighted by atomic mass is 10.1. The lowest BCUT2D eigenvalue weighted by Gasteiger charge is -2.10. The van der Waals surface area contributed by atoms with E-state index in [2.05, 4.69) is 53.8 Å². The van der Waals surface area contributed by atoms with Crippen LogP contribution < -0.4 is 5.32 Å². The molecular formula is C16H17N3S. The summed E-state index contributed by atoms with van der Waals surface area (Å²) in [5, 5.41) is 6.52. The van der Waals surface area contributed by atoms with Gasteiger partial charge < -0.3 is 5.32 Å². The minimum absolute atomic E-state index is 0.310. The van der Waals surface area contributed by atoms with E-state index in [-0.39, 0.29) is 0 Å². The van der Waals surface area contributed by atoms with Gasteiger partial charge >= 0.3 is 0 Å². The Labute approximate surface area is 122 Å². The molecule has 0 radical (unpaired) electrons. The van der Waals surface area contributed by atoms with Crippen molar-refractivity contribution in [1.82, 2.24) is 9.97 Å². The fraction of sp³-hybridized carbons (Fsp3) is 0.250. The van der Waals surface area contributed by atoms with E-state index in [1.165, 1.54) is 15.6 Å². The molecule has 20 heavy (non-hydrogen) atoms. The van der Waals surface area contributed by atoms with Crippen molar-refractivity contribution in [3.05, 3.63) is 41.5 Å². The number of nitrogens with zero attached hydrogens (tertiary/aromatic N) is 2. The molecule has 0 aliphatic carbocycles. The van der Waals surface area contributed by atoms with Crippen molar-refractivity contribution < 1.29 is 0 Å². The number of thiophene rings is 1. The molecule has 0 saturated carbocycles. The number of hydrogen-bond acceptors (Lipinski definition) is 4. The molecule has 4 heteroatoms. The van der Waals surface area contributed by atoms with Crippen LogP contribution in [0.4, 0.5) is 5.82 Å². The Morgan fingerprint density at radius 3 is 2.75 bits per heavy atom. The molecule has 0 spiro atoms. The second-order valence-corrected chi connectivity index (χ2v) is 5.96. The van der Waals surface area contributed by atoms with Gasteiger partial charge in [0.15, 0.2) is 0 Å². The highest BCUT2D eigenvalue weighted by atomic mass is 32.1. The van der Waals surface area contributed by atoms with Crippen LogP contribution in [0.5, 0.6) is 0 Å². The third-order valence-electron chi connectivity index (χ3n) is 3.27. The van der Waals surface area contributed by atoms with Crippen LogP contribution in [0.3, 0.4) is 0 Å². The van der Waals surface area contributed by atoms with Crippen LogP contribution in [0, 0.1) is 0 Å². The summed E-state index contributed by atoms with van der Waals surface area (Å²) in [4.78, 5) is 9.26. The highest BCUT2D eigenvalue weighted by molar-refractivity contribution is 7.17. The molecular weight excluding hydrogens is 266 g/mol. The summed E-state index contributed by atoms with van der Waals surface area (Å²) in [5.74, 6) is 2.05. The minimum Gasteiger partial charge on any atom is -0.373 e. The first-order valence-corrected chi connectivity index (χ1v) is 7.60. The predicted octanol–water partition coefficient (Wildman–Crippen LogP) is 4.52. The quantitative estimate of drug-likeness (QED) is 0.767. The van der Waals surface area contributed by atoms with Gasteiger partial charge in [0.25, 0.3) is 0 Å². The fourth-order valence-electron chi connectivity index (χ4n) is 2.18. The van der Waals surface area contributed by atoms with Crippen molar-refractivity contribution in [1.29, 1.82) is 0 Å². The Morgan fingerprint density at radius 2 is 2.00 bits per heavy atom. The topological polar surface area (TPSA) is 37.8 Å². The lowest BCUT2D eigenvalue weighted by molar-refractivity contribution is 0.778. The zero-order valence-electron chi connectivity index (χ0n) is 11.8. The predicted molar refractivity (Wildman–Crippen MR) is 86.5 cm³/mol. The highest BCUT2D eigenvalue weighted by Crippen LogP contribution is 2.32. The van der Waals surface area contributed by atoms with Gasteiger partial charge in [-0.1, -0.05) is 32.0 Å². The molecule has 0 fully saturated rings. The molecule has 102 valence electrons. The van der Waals surface area contributed by atoms with Crippen molar-refractivity contribution in [2.75, 3.05) is 12.4 Å². The summed E-state index contributed by atoms with van der Waals surface area (Å²) >= 11 is 1.76. The van der Waals surface area contributed by atoms with Gasteiger partial charge in [0.05, 0.1) is 5.69 Å². The third kappa shape index (κ3) is 2.27. The minimum atomic E-state index is 0.310. The Hall–Kier alpha value is -1.94. The summed E-state index contributed by atoms with van der Waals surface area (Å²) in [7, 11) is 1.89. The third-order valence-corrected chi connectivity index (χ3v) is 4.23.